The summed E-state index contributed by atoms with van der Waals surface area (Å²) < 4.78 is 132. The molecule has 0 heterocycles. The number of anilines is 1. The first-order valence-electron chi connectivity index (χ1n) is 14.9. The number of rotatable bonds is 11. The quantitative estimate of drug-likeness (QED) is 0.101. The first-order chi connectivity index (χ1) is 22.9. The number of nitrogens with zero attached hydrogens (tertiary/aromatic N) is 2. The molecule has 0 radical (unpaired) electrons. The van der Waals surface area contributed by atoms with Crippen molar-refractivity contribution in [2.24, 2.45) is 0 Å². The molecular weight excluding hydrogens is 683 g/mol. The molecule has 0 saturated heterocycles. The first-order valence-corrected chi connectivity index (χ1v) is 14.9. The van der Waals surface area contributed by atoms with Crippen molar-refractivity contribution in [1.82, 2.24) is 4.90 Å². The number of halogens is 9. The van der Waals surface area contributed by atoms with E-state index in [9.17, 15) is 32.3 Å². The standard InChI is InChI=1S/C35H35F9N2O4/c1-20(2)27-17-26(33(36,37)38)18-29(22(27)5)46(7)30(49)14-13-24(10-8-9-15-47)32(34(39,40)41,35(42,43)44)25-12-11-23(19-48)28(16-25)31(50)45(6)21(3)4/h8-21H,1-7H3/b9-8+,14-13+,24-10+. The molecule has 0 unspecified atom stereocenters. The van der Waals surface area contributed by atoms with Gasteiger partial charge in [0.05, 0.1) is 11.1 Å². The SMILES string of the molecule is Cc1c(C(C)C)cc(C(F)(F)F)cc1N(C)C(=O)/C=C/C(=C\C=C\C=O)C(c1ccc(C=O)c(C(=O)N(C)C(C)C)c1)(C(F)(F)F)C(F)(F)F. The Morgan fingerprint density at radius 2 is 1.36 bits per heavy atom. The molecule has 2 amide bonds. The molecule has 15 heteroatoms. The molecule has 2 aromatic carbocycles. The van der Waals surface area contributed by atoms with Gasteiger partial charge in [0, 0.05) is 37.5 Å². The molecule has 6 nitrogen and oxygen atoms in total. The third-order valence-electron chi connectivity index (χ3n) is 8.15. The largest absolute Gasteiger partial charge is 0.416 e. The lowest BCUT2D eigenvalue weighted by molar-refractivity contribution is -0.289. The van der Waals surface area contributed by atoms with Gasteiger partial charge in [0.25, 0.3) is 11.8 Å². The normalized spacial score (nSPS) is 13.4. The van der Waals surface area contributed by atoms with E-state index in [-0.39, 0.29) is 35.5 Å². The van der Waals surface area contributed by atoms with Gasteiger partial charge in [-0.15, -0.1) is 0 Å². The number of hydrogen-bond donors (Lipinski definition) is 0. The average Bonchev–Trinajstić information content (AvgIpc) is 3.00. The van der Waals surface area contributed by atoms with Gasteiger partial charge in [-0.25, -0.2) is 0 Å². The van der Waals surface area contributed by atoms with Gasteiger partial charge in [-0.05, 0) is 73.2 Å². The number of hydrogen-bond acceptors (Lipinski definition) is 4. The van der Waals surface area contributed by atoms with E-state index in [0.717, 1.165) is 18.0 Å². The maximum Gasteiger partial charge on any atom is 0.416 e. The Labute approximate surface area is 282 Å². The van der Waals surface area contributed by atoms with Crippen LogP contribution in [-0.2, 0) is 21.2 Å². The number of benzene rings is 2. The molecule has 0 aliphatic rings. The Kier molecular flexibility index (Phi) is 12.8. The zero-order valence-corrected chi connectivity index (χ0v) is 28.0. The number of amides is 2. The van der Waals surface area contributed by atoms with E-state index in [1.54, 1.807) is 13.8 Å². The topological polar surface area (TPSA) is 74.8 Å². The van der Waals surface area contributed by atoms with Gasteiger partial charge < -0.3 is 9.80 Å². The van der Waals surface area contributed by atoms with Crippen LogP contribution in [0.5, 0.6) is 0 Å². The number of aldehydes is 2. The zero-order chi connectivity index (χ0) is 38.6. The van der Waals surface area contributed by atoms with Crippen LogP contribution < -0.4 is 4.90 Å². The van der Waals surface area contributed by atoms with Crippen molar-refractivity contribution >= 4 is 30.1 Å². The molecule has 0 N–H and O–H groups in total. The summed E-state index contributed by atoms with van der Waals surface area (Å²) in [4.78, 5) is 50.7. The van der Waals surface area contributed by atoms with E-state index < -0.39 is 75.5 Å². The predicted molar refractivity (Wildman–Crippen MR) is 169 cm³/mol. The third-order valence-corrected chi connectivity index (χ3v) is 8.15. The van der Waals surface area contributed by atoms with Gasteiger partial charge in [-0.3, -0.25) is 19.2 Å². The van der Waals surface area contributed by atoms with E-state index in [1.807, 2.05) is 0 Å². The molecule has 0 aliphatic carbocycles. The molecule has 0 spiro atoms. The van der Waals surface area contributed by atoms with Crippen LogP contribution in [0.15, 0.2) is 66.3 Å². The maximum absolute atomic E-state index is 15.1. The van der Waals surface area contributed by atoms with Gasteiger partial charge in [0.2, 0.25) is 5.41 Å². The highest BCUT2D eigenvalue weighted by molar-refractivity contribution is 6.03. The van der Waals surface area contributed by atoms with Gasteiger partial charge in [0.1, 0.15) is 6.29 Å². The smallest absolute Gasteiger partial charge is 0.339 e. The van der Waals surface area contributed by atoms with Crippen molar-refractivity contribution in [3.63, 3.8) is 0 Å². The summed E-state index contributed by atoms with van der Waals surface area (Å²) in [5, 5.41) is 0. The Balaban J connectivity index is 2.98. The van der Waals surface area contributed by atoms with Crippen LogP contribution in [0, 0.1) is 6.92 Å². The third kappa shape index (κ3) is 8.36. The summed E-state index contributed by atoms with van der Waals surface area (Å²) in [6.45, 7) is 7.62. The minimum absolute atomic E-state index is 0.0692. The van der Waals surface area contributed by atoms with Crippen LogP contribution in [-0.4, -0.2) is 61.8 Å². The first kappa shape index (κ1) is 41.5. The molecule has 272 valence electrons. The van der Waals surface area contributed by atoms with Crippen LogP contribution in [0.2, 0.25) is 0 Å². The molecule has 2 aromatic rings. The summed E-state index contributed by atoms with van der Waals surface area (Å²) in [6.07, 6.45) is -15.2. The summed E-state index contributed by atoms with van der Waals surface area (Å²) >= 11 is 0. The number of carbonyl (C=O) groups is 4. The molecular formula is C35H35F9N2O4. The fraction of sp³-hybridized carbons (Fsp3) is 0.371. The maximum atomic E-state index is 15.1. The summed E-state index contributed by atoms with van der Waals surface area (Å²) in [5.41, 5.74) is -10.5. The Bertz CT molecular complexity index is 1690. The summed E-state index contributed by atoms with van der Waals surface area (Å²) in [6, 6.07) is 2.23. The molecule has 0 aromatic heterocycles. The van der Waals surface area contributed by atoms with Crippen molar-refractivity contribution in [1.29, 1.82) is 0 Å². The molecule has 0 saturated carbocycles. The minimum Gasteiger partial charge on any atom is -0.339 e. The lowest BCUT2D eigenvalue weighted by Gasteiger charge is -2.39. The van der Waals surface area contributed by atoms with Crippen molar-refractivity contribution in [3.05, 3.63) is 99.7 Å². The van der Waals surface area contributed by atoms with Crippen molar-refractivity contribution in [2.45, 2.75) is 70.5 Å². The highest BCUT2D eigenvalue weighted by Crippen LogP contribution is 2.57. The second-order valence-corrected chi connectivity index (χ2v) is 11.9. The van der Waals surface area contributed by atoms with E-state index in [0.29, 0.717) is 53.5 Å². The molecule has 0 bridgehead atoms. The van der Waals surface area contributed by atoms with Crippen LogP contribution in [0.3, 0.4) is 0 Å². The van der Waals surface area contributed by atoms with Crippen molar-refractivity contribution < 1.29 is 58.7 Å². The van der Waals surface area contributed by atoms with Crippen LogP contribution >= 0.6 is 0 Å². The Morgan fingerprint density at radius 1 is 0.780 bits per heavy atom. The Hall–Kier alpha value is -4.69. The van der Waals surface area contributed by atoms with E-state index in [4.69, 9.17) is 0 Å². The fourth-order valence-electron chi connectivity index (χ4n) is 5.22. The van der Waals surface area contributed by atoms with E-state index >= 15 is 26.3 Å². The van der Waals surface area contributed by atoms with Crippen molar-refractivity contribution in [3.8, 4) is 0 Å². The highest BCUT2D eigenvalue weighted by Gasteiger charge is 2.73. The average molecular weight is 719 g/mol. The number of allylic oxidation sites excluding steroid dienone is 5. The van der Waals surface area contributed by atoms with E-state index in [2.05, 4.69) is 0 Å². The lowest BCUT2D eigenvalue weighted by atomic mass is 9.71. The number of likely N-dealkylation sites (N-methyl/N-ethyl adjacent to an activating group) is 1. The lowest BCUT2D eigenvalue weighted by Crippen LogP contribution is -2.55. The van der Waals surface area contributed by atoms with Gasteiger partial charge in [0.15, 0.2) is 6.29 Å². The minimum atomic E-state index is -6.23. The molecule has 0 fully saturated rings. The molecule has 0 aliphatic heterocycles. The molecule has 2 rings (SSSR count). The predicted octanol–water partition coefficient (Wildman–Crippen LogP) is 8.69. The van der Waals surface area contributed by atoms with Crippen molar-refractivity contribution in [2.75, 3.05) is 19.0 Å². The molecule has 50 heavy (non-hydrogen) atoms. The van der Waals surface area contributed by atoms with E-state index in [1.165, 1.54) is 27.8 Å². The van der Waals surface area contributed by atoms with Gasteiger partial charge in [-0.2, -0.15) is 39.5 Å². The summed E-state index contributed by atoms with van der Waals surface area (Å²) in [7, 11) is 2.22. The Morgan fingerprint density at radius 3 is 1.82 bits per heavy atom. The zero-order valence-electron chi connectivity index (χ0n) is 28.0. The second kappa shape index (κ2) is 15.5. The number of carbonyl (C=O) groups excluding carboxylic acids is 4. The van der Waals surface area contributed by atoms with Crippen LogP contribution in [0.1, 0.15) is 76.6 Å². The van der Waals surface area contributed by atoms with Gasteiger partial charge >= 0.3 is 18.5 Å². The summed E-state index contributed by atoms with van der Waals surface area (Å²) in [5.74, 6) is -2.81. The van der Waals surface area contributed by atoms with Crippen LogP contribution in [0.4, 0.5) is 45.2 Å². The van der Waals surface area contributed by atoms with Crippen LogP contribution in [0.25, 0.3) is 0 Å². The molecule has 0 atom stereocenters. The van der Waals surface area contributed by atoms with Gasteiger partial charge in [-0.1, -0.05) is 44.2 Å². The second-order valence-electron chi connectivity index (χ2n) is 11.9. The fourth-order valence-corrected chi connectivity index (χ4v) is 5.22. The number of alkyl halides is 9. The monoisotopic (exact) mass is 718 g/mol. The highest BCUT2D eigenvalue weighted by atomic mass is 19.4.